The zero-order chi connectivity index (χ0) is 18.0. The molecule has 3 rings (SSSR count). The van der Waals surface area contributed by atoms with Crippen molar-refractivity contribution in [1.82, 2.24) is 9.78 Å². The molecule has 25 heavy (non-hydrogen) atoms. The van der Waals surface area contributed by atoms with Crippen molar-refractivity contribution in [2.75, 3.05) is 21.3 Å². The maximum atomic E-state index is 12.3. The molecule has 1 aromatic carbocycles. The van der Waals surface area contributed by atoms with Gasteiger partial charge in [-0.05, 0) is 37.0 Å². The molecule has 1 aliphatic rings. The summed E-state index contributed by atoms with van der Waals surface area (Å²) in [6, 6.07) is 3.84. The lowest BCUT2D eigenvalue weighted by molar-refractivity contribution is 0.0971. The van der Waals surface area contributed by atoms with Crippen LogP contribution in [0.15, 0.2) is 12.1 Å². The van der Waals surface area contributed by atoms with E-state index in [2.05, 4.69) is 0 Å². The van der Waals surface area contributed by atoms with E-state index in [-0.39, 0.29) is 5.78 Å². The zero-order valence-electron chi connectivity index (χ0n) is 15.2. The summed E-state index contributed by atoms with van der Waals surface area (Å²) >= 11 is 0. The number of rotatable bonds is 6. The number of carbonyl (C=O) groups is 1. The Hall–Kier alpha value is -2.50. The molecule has 0 atom stereocenters. The Balaban J connectivity index is 2.02. The molecule has 0 fully saturated rings. The highest BCUT2D eigenvalue weighted by Crippen LogP contribution is 2.38. The minimum Gasteiger partial charge on any atom is -0.493 e. The topological polar surface area (TPSA) is 62.6 Å². The van der Waals surface area contributed by atoms with E-state index in [1.807, 2.05) is 23.7 Å². The molecular weight excluding hydrogens is 320 g/mol. The second-order valence-electron chi connectivity index (χ2n) is 6.09. The lowest BCUT2D eigenvalue weighted by Gasteiger charge is -2.16. The summed E-state index contributed by atoms with van der Waals surface area (Å²) in [5.41, 5.74) is 3.76. The van der Waals surface area contributed by atoms with Gasteiger partial charge in [-0.3, -0.25) is 9.48 Å². The lowest BCUT2D eigenvalue weighted by atomic mass is 9.93. The lowest BCUT2D eigenvalue weighted by Crippen LogP contribution is -2.14. The number of carbonyl (C=O) groups excluding carboxylic acids is 1. The molecule has 1 aromatic heterocycles. The van der Waals surface area contributed by atoms with Crippen LogP contribution in [0.1, 0.15) is 47.1 Å². The Kier molecular flexibility index (Phi) is 4.97. The van der Waals surface area contributed by atoms with Gasteiger partial charge in [0.15, 0.2) is 17.3 Å². The van der Waals surface area contributed by atoms with Gasteiger partial charge in [-0.2, -0.15) is 5.10 Å². The second-order valence-corrected chi connectivity index (χ2v) is 6.09. The number of fused-ring (bicyclic) bond motifs is 1. The van der Waals surface area contributed by atoms with Crippen LogP contribution in [0.25, 0.3) is 0 Å². The molecular formula is C19H24N2O4. The molecule has 0 aliphatic heterocycles. The summed E-state index contributed by atoms with van der Waals surface area (Å²) in [4.78, 5) is 12.3. The first-order chi connectivity index (χ1) is 12.1. The third-order valence-corrected chi connectivity index (χ3v) is 4.62. The number of ether oxygens (including phenoxy) is 3. The predicted octanol–water partition coefficient (Wildman–Crippen LogP) is 3.04. The van der Waals surface area contributed by atoms with E-state index >= 15 is 0 Å². The van der Waals surface area contributed by atoms with Crippen molar-refractivity contribution >= 4 is 5.78 Å². The van der Waals surface area contributed by atoms with Crippen LogP contribution in [-0.2, 0) is 19.4 Å². The molecule has 0 N–H and O–H groups in total. The van der Waals surface area contributed by atoms with Gasteiger partial charge in [0.2, 0.25) is 5.75 Å². The average molecular weight is 344 g/mol. The molecule has 134 valence electrons. The van der Waals surface area contributed by atoms with E-state index in [9.17, 15) is 4.79 Å². The van der Waals surface area contributed by atoms with Crippen LogP contribution in [0.5, 0.6) is 17.2 Å². The highest BCUT2D eigenvalue weighted by atomic mass is 16.5. The third kappa shape index (κ3) is 3.08. The van der Waals surface area contributed by atoms with E-state index in [1.54, 1.807) is 21.3 Å². The van der Waals surface area contributed by atoms with Gasteiger partial charge in [-0.1, -0.05) is 6.92 Å². The summed E-state index contributed by atoms with van der Waals surface area (Å²) in [5.74, 6) is 2.02. The first-order valence-corrected chi connectivity index (χ1v) is 8.53. The van der Waals surface area contributed by atoms with Crippen LogP contribution in [0.4, 0.5) is 0 Å². The average Bonchev–Trinajstić information content (AvgIpc) is 2.99. The molecule has 0 saturated carbocycles. The van der Waals surface area contributed by atoms with Gasteiger partial charge in [0, 0.05) is 12.1 Å². The maximum absolute atomic E-state index is 12.3. The first kappa shape index (κ1) is 17.3. The van der Waals surface area contributed by atoms with Crippen LogP contribution in [0.2, 0.25) is 0 Å². The fourth-order valence-electron chi connectivity index (χ4n) is 3.45. The summed E-state index contributed by atoms with van der Waals surface area (Å²) in [7, 11) is 4.79. The van der Waals surface area contributed by atoms with E-state index < -0.39 is 0 Å². The van der Waals surface area contributed by atoms with Crippen LogP contribution in [-0.4, -0.2) is 36.9 Å². The molecule has 0 spiro atoms. The number of methoxy groups -OCH3 is 3. The molecule has 0 bridgehead atoms. The number of nitrogens with zero attached hydrogens (tertiary/aromatic N) is 2. The van der Waals surface area contributed by atoms with Gasteiger partial charge in [-0.25, -0.2) is 0 Å². The van der Waals surface area contributed by atoms with E-state index in [0.29, 0.717) is 30.2 Å². The zero-order valence-corrected chi connectivity index (χ0v) is 15.2. The van der Waals surface area contributed by atoms with Crippen LogP contribution in [0, 0.1) is 0 Å². The van der Waals surface area contributed by atoms with Crippen molar-refractivity contribution < 1.29 is 19.0 Å². The van der Waals surface area contributed by atoms with Crippen molar-refractivity contribution in [3.05, 3.63) is 34.6 Å². The number of aryl methyl sites for hydroxylation is 1. The summed E-state index contributed by atoms with van der Waals surface area (Å²) in [6.07, 6.45) is 3.15. The highest BCUT2D eigenvalue weighted by molar-refractivity contribution is 5.99. The van der Waals surface area contributed by atoms with E-state index in [1.165, 1.54) is 0 Å². The Bertz CT molecular complexity index is 770. The molecule has 0 saturated heterocycles. The number of hydrogen-bond donors (Lipinski definition) is 0. The van der Waals surface area contributed by atoms with Gasteiger partial charge in [0.25, 0.3) is 0 Å². The van der Waals surface area contributed by atoms with Crippen LogP contribution >= 0.6 is 0 Å². The Morgan fingerprint density at radius 2 is 1.76 bits per heavy atom. The van der Waals surface area contributed by atoms with E-state index in [4.69, 9.17) is 19.3 Å². The van der Waals surface area contributed by atoms with Crippen molar-refractivity contribution in [2.24, 2.45) is 0 Å². The molecule has 6 nitrogen and oxygen atoms in total. The number of aromatic nitrogens is 2. The fourth-order valence-corrected chi connectivity index (χ4v) is 3.45. The van der Waals surface area contributed by atoms with Crippen molar-refractivity contribution in [3.8, 4) is 17.2 Å². The Morgan fingerprint density at radius 1 is 1.08 bits per heavy atom. The van der Waals surface area contributed by atoms with Gasteiger partial charge >= 0.3 is 0 Å². The minimum atomic E-state index is 0.217. The molecule has 1 heterocycles. The smallest absolute Gasteiger partial charge is 0.203 e. The Labute approximate surface area is 147 Å². The number of benzene rings is 1. The van der Waals surface area contributed by atoms with Gasteiger partial charge in [0.1, 0.15) is 0 Å². The minimum absolute atomic E-state index is 0.217. The van der Waals surface area contributed by atoms with Gasteiger partial charge in [-0.15, -0.1) is 0 Å². The SMILES string of the molecule is CCc1nn(Cc2cc(OC)c(OC)c(OC)c2)c2c1C(=O)CCC2. The molecule has 0 unspecified atom stereocenters. The van der Waals surface area contributed by atoms with E-state index in [0.717, 1.165) is 41.8 Å². The second kappa shape index (κ2) is 7.17. The molecule has 2 aromatic rings. The van der Waals surface area contributed by atoms with Crippen LogP contribution in [0.3, 0.4) is 0 Å². The standard InChI is InChI=1S/C19H24N2O4/c1-5-13-18-14(7-6-8-15(18)22)21(20-13)11-12-9-16(23-2)19(25-4)17(10-12)24-3/h9-10H,5-8,11H2,1-4H3. The highest BCUT2D eigenvalue weighted by Gasteiger charge is 2.26. The van der Waals surface area contributed by atoms with Gasteiger partial charge < -0.3 is 14.2 Å². The molecule has 0 radical (unpaired) electrons. The summed E-state index contributed by atoms with van der Waals surface area (Å²) in [6.45, 7) is 2.60. The number of Topliss-reactive ketones (excluding diaryl/α,β-unsaturated/α-hetero) is 1. The first-order valence-electron chi connectivity index (χ1n) is 8.53. The summed E-state index contributed by atoms with van der Waals surface area (Å²) < 4.78 is 18.2. The van der Waals surface area contributed by atoms with Crippen molar-refractivity contribution in [2.45, 2.75) is 39.2 Å². The normalized spacial score (nSPS) is 13.5. The van der Waals surface area contributed by atoms with Crippen LogP contribution < -0.4 is 14.2 Å². The van der Waals surface area contributed by atoms with Gasteiger partial charge in [0.05, 0.1) is 39.1 Å². The molecule has 6 heteroatoms. The third-order valence-electron chi connectivity index (χ3n) is 4.62. The molecule has 1 aliphatic carbocycles. The van der Waals surface area contributed by atoms with Crippen molar-refractivity contribution in [1.29, 1.82) is 0 Å². The Morgan fingerprint density at radius 3 is 2.32 bits per heavy atom. The quantitative estimate of drug-likeness (QED) is 0.806. The van der Waals surface area contributed by atoms with Crippen molar-refractivity contribution in [3.63, 3.8) is 0 Å². The fraction of sp³-hybridized carbons (Fsp3) is 0.474. The number of hydrogen-bond acceptors (Lipinski definition) is 5. The number of ketones is 1. The molecule has 0 amide bonds. The largest absolute Gasteiger partial charge is 0.493 e. The predicted molar refractivity (Wildman–Crippen MR) is 94.1 cm³/mol. The summed E-state index contributed by atoms with van der Waals surface area (Å²) in [5, 5.41) is 4.69. The maximum Gasteiger partial charge on any atom is 0.203 e. The monoisotopic (exact) mass is 344 g/mol.